The Morgan fingerprint density at radius 3 is 3.18 bits per heavy atom. The van der Waals surface area contributed by atoms with Crippen LogP contribution in [0.2, 0.25) is 0 Å². The monoisotopic (exact) mass is 238 g/mol. The summed E-state index contributed by atoms with van der Waals surface area (Å²) in [5, 5.41) is 2.70. The van der Waals surface area contributed by atoms with Crippen molar-refractivity contribution in [1.82, 2.24) is 5.32 Å². The van der Waals surface area contributed by atoms with Crippen molar-refractivity contribution < 1.29 is 18.4 Å². The van der Waals surface area contributed by atoms with E-state index < -0.39 is 19.4 Å². The van der Waals surface area contributed by atoms with Gasteiger partial charge in [0.05, 0.1) is 6.04 Å². The Morgan fingerprint density at radius 2 is 2.41 bits per heavy atom. The molecule has 2 atom stereocenters. The number of ether oxygens (including phenoxy) is 2. The molecule has 0 fully saturated rings. The van der Waals surface area contributed by atoms with E-state index >= 15 is 0 Å². The molecular formula is C13H17NO3. The van der Waals surface area contributed by atoms with Gasteiger partial charge < -0.3 is 14.8 Å². The maximum atomic E-state index is 12.4. The van der Waals surface area contributed by atoms with Gasteiger partial charge in [0.1, 0.15) is 0 Å². The minimum absolute atomic E-state index is 0.149. The highest BCUT2D eigenvalue weighted by Gasteiger charge is 2.20. The highest BCUT2D eigenvalue weighted by molar-refractivity contribution is 6.00. The van der Waals surface area contributed by atoms with Gasteiger partial charge in [0.25, 0.3) is 0 Å². The maximum Gasteiger partial charge on any atom is 0.231 e. The minimum Gasteiger partial charge on any atom is -0.454 e. The molecule has 1 aliphatic heterocycles. The van der Waals surface area contributed by atoms with Crippen molar-refractivity contribution in [2.75, 3.05) is 13.3 Å². The van der Waals surface area contributed by atoms with E-state index in [1.165, 1.54) is 0 Å². The number of rotatable bonds is 5. The molecule has 1 aromatic carbocycles. The SMILES string of the molecule is [2H]C([2H])C([2H])NC(CC)C(=O)c1ccc2c(c1)OCO2. The van der Waals surface area contributed by atoms with Crippen molar-refractivity contribution in [3.05, 3.63) is 23.8 Å². The largest absolute Gasteiger partial charge is 0.454 e. The third-order valence-electron chi connectivity index (χ3n) is 2.68. The summed E-state index contributed by atoms with van der Waals surface area (Å²) in [5.41, 5.74) is 0.465. The van der Waals surface area contributed by atoms with Crippen molar-refractivity contribution in [3.63, 3.8) is 0 Å². The lowest BCUT2D eigenvalue weighted by molar-refractivity contribution is 0.0941. The second kappa shape index (κ2) is 5.19. The van der Waals surface area contributed by atoms with E-state index in [9.17, 15) is 4.79 Å². The molecule has 0 saturated heterocycles. The van der Waals surface area contributed by atoms with Gasteiger partial charge in [-0.3, -0.25) is 4.79 Å². The van der Waals surface area contributed by atoms with Gasteiger partial charge >= 0.3 is 0 Å². The van der Waals surface area contributed by atoms with Crippen LogP contribution < -0.4 is 14.8 Å². The van der Waals surface area contributed by atoms with E-state index in [0.717, 1.165) is 0 Å². The molecule has 0 radical (unpaired) electrons. The molecule has 92 valence electrons. The van der Waals surface area contributed by atoms with Gasteiger partial charge in [0, 0.05) is 9.68 Å². The van der Waals surface area contributed by atoms with Gasteiger partial charge in [-0.1, -0.05) is 13.8 Å². The zero-order chi connectivity index (χ0) is 14.7. The summed E-state index contributed by atoms with van der Waals surface area (Å²) in [7, 11) is 0. The number of carbonyl (C=O) groups excluding carboxylic acids is 1. The van der Waals surface area contributed by atoms with E-state index in [-0.39, 0.29) is 12.6 Å². The van der Waals surface area contributed by atoms with Crippen LogP contribution in [-0.2, 0) is 0 Å². The number of hydrogen-bond donors (Lipinski definition) is 1. The van der Waals surface area contributed by atoms with Gasteiger partial charge in [-0.2, -0.15) is 0 Å². The summed E-state index contributed by atoms with van der Waals surface area (Å²) >= 11 is 0. The standard InChI is InChI=1S/C13H17NO3/c1-3-10(14-4-2)13(15)9-5-6-11-12(7-9)17-8-16-11/h5-7,10,14H,3-4,8H2,1-2H3/i2D2,4D. The molecule has 0 spiro atoms. The van der Waals surface area contributed by atoms with Crippen molar-refractivity contribution in [1.29, 1.82) is 0 Å². The van der Waals surface area contributed by atoms with E-state index in [4.69, 9.17) is 13.6 Å². The topological polar surface area (TPSA) is 47.6 Å². The molecule has 1 aromatic rings. The van der Waals surface area contributed by atoms with Gasteiger partial charge in [0.15, 0.2) is 17.3 Å². The second-order valence-electron chi connectivity index (χ2n) is 3.73. The van der Waals surface area contributed by atoms with Crippen LogP contribution in [0.15, 0.2) is 18.2 Å². The molecule has 1 heterocycles. The number of likely N-dealkylation sites (N-methyl/N-ethyl adjacent to an activating group) is 1. The molecule has 4 heteroatoms. The molecule has 0 saturated carbocycles. The first-order chi connectivity index (χ1) is 9.52. The molecule has 1 N–H and O–H groups in total. The van der Waals surface area contributed by atoms with Crippen molar-refractivity contribution in [2.45, 2.75) is 26.3 Å². The Morgan fingerprint density at radius 1 is 1.59 bits per heavy atom. The van der Waals surface area contributed by atoms with Crippen LogP contribution in [0.4, 0.5) is 0 Å². The molecule has 2 unspecified atom stereocenters. The molecule has 1 aliphatic rings. The fourth-order valence-electron chi connectivity index (χ4n) is 1.75. The number of nitrogens with one attached hydrogen (secondary N) is 1. The van der Waals surface area contributed by atoms with Crippen molar-refractivity contribution >= 4 is 5.78 Å². The zero-order valence-corrected chi connectivity index (χ0v) is 9.60. The van der Waals surface area contributed by atoms with E-state index in [0.29, 0.717) is 23.5 Å². The summed E-state index contributed by atoms with van der Waals surface area (Å²) in [6, 6.07) is 4.36. The Balaban J connectivity index is 2.12. The number of ketones is 1. The molecular weight excluding hydrogens is 218 g/mol. The summed E-state index contributed by atoms with van der Waals surface area (Å²) < 4.78 is 32.3. The molecule has 0 aromatic heterocycles. The van der Waals surface area contributed by atoms with E-state index in [2.05, 4.69) is 5.32 Å². The highest BCUT2D eigenvalue weighted by Crippen LogP contribution is 2.32. The fourth-order valence-corrected chi connectivity index (χ4v) is 1.75. The van der Waals surface area contributed by atoms with Crippen LogP contribution >= 0.6 is 0 Å². The number of carbonyl (C=O) groups is 1. The third-order valence-corrected chi connectivity index (χ3v) is 2.68. The minimum atomic E-state index is -1.34. The summed E-state index contributed by atoms with van der Waals surface area (Å²) in [4.78, 5) is 12.4. The normalized spacial score (nSPS) is 19.3. The van der Waals surface area contributed by atoms with Gasteiger partial charge in [-0.05, 0) is 31.1 Å². The number of benzene rings is 1. The van der Waals surface area contributed by atoms with Crippen LogP contribution in [0.3, 0.4) is 0 Å². The molecule has 0 aliphatic carbocycles. The number of fused-ring (bicyclic) bond motifs is 1. The molecule has 2 rings (SSSR count). The van der Waals surface area contributed by atoms with Crippen LogP contribution in [-0.4, -0.2) is 25.1 Å². The van der Waals surface area contributed by atoms with Crippen molar-refractivity contribution in [3.8, 4) is 11.5 Å². The highest BCUT2D eigenvalue weighted by atomic mass is 16.7. The predicted molar refractivity (Wildman–Crippen MR) is 64.7 cm³/mol. The average molecular weight is 238 g/mol. The first-order valence-electron chi connectivity index (χ1n) is 7.22. The van der Waals surface area contributed by atoms with E-state index in [1.54, 1.807) is 18.2 Å². The molecule has 17 heavy (non-hydrogen) atoms. The lowest BCUT2D eigenvalue weighted by atomic mass is 10.0. The first kappa shape index (κ1) is 8.53. The molecule has 4 nitrogen and oxygen atoms in total. The quantitative estimate of drug-likeness (QED) is 0.797. The van der Waals surface area contributed by atoms with Gasteiger partial charge in [0.2, 0.25) is 6.79 Å². The van der Waals surface area contributed by atoms with Crippen LogP contribution in [0.25, 0.3) is 0 Å². The predicted octanol–water partition coefficient (Wildman–Crippen LogP) is 1.99. The Hall–Kier alpha value is -1.55. The summed E-state index contributed by atoms with van der Waals surface area (Å²) in [5.74, 6) is 0.967. The third kappa shape index (κ3) is 2.42. The number of hydrogen-bond acceptors (Lipinski definition) is 4. The lowest BCUT2D eigenvalue weighted by Gasteiger charge is -2.14. The van der Waals surface area contributed by atoms with Crippen LogP contribution in [0, 0.1) is 0 Å². The maximum absolute atomic E-state index is 12.4. The van der Waals surface area contributed by atoms with Crippen LogP contribution in [0.1, 0.15) is 34.7 Å². The second-order valence-corrected chi connectivity index (χ2v) is 3.73. The van der Waals surface area contributed by atoms with Gasteiger partial charge in [-0.15, -0.1) is 0 Å². The zero-order valence-electron chi connectivity index (χ0n) is 12.6. The van der Waals surface area contributed by atoms with E-state index in [1.807, 2.05) is 6.92 Å². The Kier molecular flexibility index (Phi) is 2.60. The average Bonchev–Trinajstić information content (AvgIpc) is 2.90. The Bertz CT molecular complexity index is 496. The molecule has 0 bridgehead atoms. The number of Topliss-reactive ketones (excluding diaryl/α,β-unsaturated/α-hetero) is 1. The van der Waals surface area contributed by atoms with Crippen molar-refractivity contribution in [2.24, 2.45) is 0 Å². The molecule has 0 amide bonds. The van der Waals surface area contributed by atoms with Crippen LogP contribution in [0.5, 0.6) is 11.5 Å². The lowest BCUT2D eigenvalue weighted by Crippen LogP contribution is -2.35. The van der Waals surface area contributed by atoms with Gasteiger partial charge in [-0.25, -0.2) is 0 Å². The smallest absolute Gasteiger partial charge is 0.231 e. The summed E-state index contributed by atoms with van der Waals surface area (Å²) in [6.07, 6.45) is 0.482. The first-order valence-corrected chi connectivity index (χ1v) is 5.49. The fraction of sp³-hybridized carbons (Fsp3) is 0.462. The summed E-state index contributed by atoms with van der Waals surface area (Å²) in [6.45, 7) is -0.485. The Labute approximate surface area is 105 Å².